The smallest absolute Gasteiger partial charge is 0.334 e. The maximum Gasteiger partial charge on any atom is 0.334 e. The van der Waals surface area contributed by atoms with Gasteiger partial charge >= 0.3 is 5.97 Å². The van der Waals surface area contributed by atoms with E-state index in [0.29, 0.717) is 18.4 Å². The van der Waals surface area contributed by atoms with E-state index in [9.17, 15) is 9.90 Å². The summed E-state index contributed by atoms with van der Waals surface area (Å²) < 4.78 is 5.46. The highest BCUT2D eigenvalue weighted by atomic mass is 16.5. The van der Waals surface area contributed by atoms with Crippen molar-refractivity contribution in [2.45, 2.75) is 58.5 Å². The van der Waals surface area contributed by atoms with Crippen LogP contribution in [0.4, 0.5) is 0 Å². The minimum absolute atomic E-state index is 0.135. The Labute approximate surface area is 138 Å². The van der Waals surface area contributed by atoms with Gasteiger partial charge in [0.2, 0.25) is 0 Å². The van der Waals surface area contributed by atoms with Gasteiger partial charge in [-0.1, -0.05) is 19.9 Å². The molecule has 1 spiro atoms. The molecule has 4 rings (SSSR count). The Balaban J connectivity index is 1.74. The zero-order chi connectivity index (χ0) is 16.5. The number of aliphatic hydroxyl groups is 1. The predicted molar refractivity (Wildman–Crippen MR) is 88.6 cm³/mol. The highest BCUT2D eigenvalue weighted by Crippen LogP contribution is 2.67. The fourth-order valence-corrected chi connectivity index (χ4v) is 6.25. The summed E-state index contributed by atoms with van der Waals surface area (Å²) in [5, 5.41) is 10.4. The maximum absolute atomic E-state index is 12.2. The van der Waals surface area contributed by atoms with E-state index in [2.05, 4.69) is 26.5 Å². The Morgan fingerprint density at radius 1 is 1.35 bits per heavy atom. The lowest BCUT2D eigenvalue weighted by Crippen LogP contribution is -2.56. The average Bonchev–Trinajstić information content (AvgIpc) is 2.85. The summed E-state index contributed by atoms with van der Waals surface area (Å²) in [4.78, 5) is 12.2. The van der Waals surface area contributed by atoms with Crippen LogP contribution in [0.25, 0.3) is 0 Å². The molecule has 1 N–H and O–H groups in total. The van der Waals surface area contributed by atoms with E-state index < -0.39 is 6.10 Å². The van der Waals surface area contributed by atoms with Crippen LogP contribution in [0.15, 0.2) is 24.3 Å². The van der Waals surface area contributed by atoms with Gasteiger partial charge in [0, 0.05) is 11.0 Å². The van der Waals surface area contributed by atoms with Crippen molar-refractivity contribution in [3.05, 3.63) is 24.3 Å². The highest BCUT2D eigenvalue weighted by Gasteiger charge is 2.63. The van der Waals surface area contributed by atoms with Crippen LogP contribution in [-0.4, -0.2) is 23.8 Å². The number of hydrogen-bond donors (Lipinski definition) is 1. The van der Waals surface area contributed by atoms with Gasteiger partial charge in [-0.2, -0.15) is 0 Å². The van der Waals surface area contributed by atoms with Crippen molar-refractivity contribution in [2.24, 2.45) is 28.1 Å². The van der Waals surface area contributed by atoms with Gasteiger partial charge in [0.05, 0.1) is 6.10 Å². The zero-order valence-corrected chi connectivity index (χ0v) is 14.3. The van der Waals surface area contributed by atoms with E-state index in [1.54, 1.807) is 6.08 Å². The van der Waals surface area contributed by atoms with E-state index in [4.69, 9.17) is 4.74 Å². The van der Waals surface area contributed by atoms with Crippen molar-refractivity contribution < 1.29 is 14.6 Å². The molecule has 126 valence electrons. The monoisotopic (exact) mass is 316 g/mol. The Morgan fingerprint density at radius 2 is 2.13 bits per heavy atom. The molecule has 6 atom stereocenters. The van der Waals surface area contributed by atoms with E-state index in [-0.39, 0.29) is 22.2 Å². The summed E-state index contributed by atoms with van der Waals surface area (Å²) in [5.41, 5.74) is 1.07. The molecule has 3 nitrogen and oxygen atoms in total. The van der Waals surface area contributed by atoms with Crippen LogP contribution in [0.5, 0.6) is 0 Å². The molecule has 0 aromatic rings. The molecule has 0 radical (unpaired) electrons. The number of allylic oxidation sites excluding steroid dienone is 1. The molecule has 0 amide bonds. The molecule has 1 saturated heterocycles. The number of hydrogen-bond acceptors (Lipinski definition) is 3. The quantitative estimate of drug-likeness (QED) is 0.593. The van der Waals surface area contributed by atoms with Gasteiger partial charge in [0.25, 0.3) is 0 Å². The van der Waals surface area contributed by atoms with Crippen LogP contribution in [0.3, 0.4) is 0 Å². The van der Waals surface area contributed by atoms with Crippen molar-refractivity contribution >= 4 is 5.97 Å². The first-order chi connectivity index (χ1) is 10.8. The van der Waals surface area contributed by atoms with Crippen LogP contribution >= 0.6 is 0 Å². The number of carbonyl (C=O) groups is 1. The van der Waals surface area contributed by atoms with E-state index in [1.165, 1.54) is 6.42 Å². The average molecular weight is 316 g/mol. The highest BCUT2D eigenvalue weighted by molar-refractivity contribution is 5.92. The second-order valence-electron chi connectivity index (χ2n) is 8.97. The third kappa shape index (κ3) is 1.95. The fraction of sp³-hybridized carbons (Fsp3) is 0.750. The number of fused-ring (bicyclic) bond motifs is 2. The van der Waals surface area contributed by atoms with Crippen molar-refractivity contribution in [1.29, 1.82) is 0 Å². The molecule has 3 fully saturated rings. The first-order valence-electron chi connectivity index (χ1n) is 9.04. The second-order valence-corrected chi connectivity index (χ2v) is 8.97. The molecule has 3 heteroatoms. The summed E-state index contributed by atoms with van der Waals surface area (Å²) in [6.07, 6.45) is 9.86. The summed E-state index contributed by atoms with van der Waals surface area (Å²) in [6.45, 7) is 9.32. The number of aliphatic hydroxyl groups excluding tert-OH is 1. The van der Waals surface area contributed by atoms with Gasteiger partial charge < -0.3 is 9.84 Å². The molecular weight excluding hydrogens is 288 g/mol. The summed E-state index contributed by atoms with van der Waals surface area (Å²) in [7, 11) is 0. The summed E-state index contributed by atoms with van der Waals surface area (Å²) in [6, 6.07) is 0. The minimum Gasteiger partial charge on any atom is -0.461 e. The zero-order valence-electron chi connectivity index (χ0n) is 14.3. The largest absolute Gasteiger partial charge is 0.461 e. The second kappa shape index (κ2) is 4.72. The molecule has 23 heavy (non-hydrogen) atoms. The molecule has 0 aromatic carbocycles. The van der Waals surface area contributed by atoms with Gasteiger partial charge in [-0.3, -0.25) is 0 Å². The van der Waals surface area contributed by atoms with Crippen LogP contribution in [0.1, 0.15) is 52.4 Å². The lowest BCUT2D eigenvalue weighted by molar-refractivity contribution is -0.136. The molecule has 4 aliphatic rings. The van der Waals surface area contributed by atoms with E-state index >= 15 is 0 Å². The van der Waals surface area contributed by atoms with Crippen molar-refractivity contribution in [1.82, 2.24) is 0 Å². The summed E-state index contributed by atoms with van der Waals surface area (Å²) >= 11 is 0. The number of ether oxygens (including phenoxy) is 1. The van der Waals surface area contributed by atoms with Gasteiger partial charge in [-0.05, 0) is 67.3 Å². The SMILES string of the molecule is C=C[C@@]1(C)CC[C@@]2(C)[C@H](CC[C@]34COC(=O)C3=C[C@@H](O)C[C@H]42)C1. The van der Waals surface area contributed by atoms with Crippen molar-refractivity contribution in [2.75, 3.05) is 6.61 Å². The number of cyclic esters (lactones) is 1. The minimum atomic E-state index is -0.503. The maximum atomic E-state index is 12.2. The molecular formula is C20H28O3. The van der Waals surface area contributed by atoms with Gasteiger partial charge in [0.15, 0.2) is 0 Å². The van der Waals surface area contributed by atoms with Crippen molar-refractivity contribution in [3.8, 4) is 0 Å². The first-order valence-corrected chi connectivity index (χ1v) is 9.04. The fourth-order valence-electron chi connectivity index (χ4n) is 6.25. The molecule has 0 aromatic heterocycles. The third-order valence-corrected chi connectivity index (χ3v) is 7.83. The molecule has 2 saturated carbocycles. The van der Waals surface area contributed by atoms with Crippen LogP contribution in [-0.2, 0) is 9.53 Å². The van der Waals surface area contributed by atoms with Crippen molar-refractivity contribution in [3.63, 3.8) is 0 Å². The van der Waals surface area contributed by atoms with Crippen LogP contribution in [0.2, 0.25) is 0 Å². The number of carbonyl (C=O) groups excluding carboxylic acids is 1. The van der Waals surface area contributed by atoms with Crippen LogP contribution in [0, 0.1) is 28.1 Å². The van der Waals surface area contributed by atoms with Gasteiger partial charge in [-0.15, -0.1) is 6.58 Å². The Bertz CT molecular complexity index is 594. The number of esters is 1. The van der Waals surface area contributed by atoms with Gasteiger partial charge in [-0.25, -0.2) is 4.79 Å². The molecule has 1 aliphatic heterocycles. The lowest BCUT2D eigenvalue weighted by atomic mass is 9.42. The Hall–Kier alpha value is -1.09. The van der Waals surface area contributed by atoms with E-state index in [0.717, 1.165) is 37.7 Å². The lowest BCUT2D eigenvalue weighted by Gasteiger charge is -2.61. The Morgan fingerprint density at radius 3 is 2.87 bits per heavy atom. The van der Waals surface area contributed by atoms with Gasteiger partial charge in [0.1, 0.15) is 6.61 Å². The standard InChI is InChI=1S/C20H28O3/c1-4-18(2)7-8-19(3)13(11-18)5-6-20-12-23-17(22)15(20)9-14(21)10-16(19)20/h4,9,13-14,16,21H,1,5-8,10-12H2,2-3H3/t13-,14-,16+,18+,19+,20+/m1/s1. The van der Waals surface area contributed by atoms with E-state index in [1.807, 2.05) is 0 Å². The molecule has 1 heterocycles. The molecule has 0 unspecified atom stereocenters. The number of rotatable bonds is 1. The normalized spacial score (nSPS) is 51.9. The third-order valence-electron chi connectivity index (χ3n) is 7.83. The first kappa shape index (κ1) is 15.4. The summed E-state index contributed by atoms with van der Waals surface area (Å²) in [5.74, 6) is 0.809. The molecule has 3 aliphatic carbocycles. The van der Waals surface area contributed by atoms with Crippen LogP contribution < -0.4 is 0 Å². The Kier molecular flexibility index (Phi) is 3.17. The predicted octanol–water partition coefficient (Wildman–Crippen LogP) is 3.63. The topological polar surface area (TPSA) is 46.5 Å². The molecule has 0 bridgehead atoms.